The van der Waals surface area contributed by atoms with Gasteiger partial charge < -0.3 is 9.84 Å². The minimum atomic E-state index is -0.292. The van der Waals surface area contributed by atoms with Crippen molar-refractivity contribution in [2.24, 2.45) is 5.92 Å². The van der Waals surface area contributed by atoms with Crippen LogP contribution in [-0.2, 0) is 4.74 Å². The van der Waals surface area contributed by atoms with Gasteiger partial charge in [-0.2, -0.15) is 0 Å². The Morgan fingerprint density at radius 1 is 1.82 bits per heavy atom. The van der Waals surface area contributed by atoms with Gasteiger partial charge in [0.05, 0.1) is 18.3 Å². The summed E-state index contributed by atoms with van der Waals surface area (Å²) >= 11 is 0. The number of fused-ring (bicyclic) bond motifs is 2. The molecule has 1 N–H and O–H groups in total. The van der Waals surface area contributed by atoms with Gasteiger partial charge >= 0.3 is 0 Å². The summed E-state index contributed by atoms with van der Waals surface area (Å²) in [5.74, 6) is 0.218. The lowest BCUT2D eigenvalue weighted by atomic mass is 9.97. The zero-order valence-electron chi connectivity index (χ0n) is 6.84. The molecule has 0 amide bonds. The van der Waals surface area contributed by atoms with Gasteiger partial charge in [0.25, 0.3) is 0 Å². The molecular weight excluding hydrogens is 140 g/mol. The molecule has 0 aromatic heterocycles. The van der Waals surface area contributed by atoms with Crippen molar-refractivity contribution in [3.05, 3.63) is 12.2 Å². The van der Waals surface area contributed by atoms with Gasteiger partial charge in [-0.1, -0.05) is 19.1 Å². The van der Waals surface area contributed by atoms with Gasteiger partial charge in [0.15, 0.2) is 0 Å². The molecule has 1 aliphatic heterocycles. The van der Waals surface area contributed by atoms with Crippen LogP contribution in [-0.4, -0.2) is 23.4 Å². The Morgan fingerprint density at radius 3 is 2.82 bits per heavy atom. The second kappa shape index (κ2) is 2.08. The van der Waals surface area contributed by atoms with Gasteiger partial charge in [0.1, 0.15) is 0 Å². The Balaban J connectivity index is 2.31. The first-order valence-electron chi connectivity index (χ1n) is 4.19. The van der Waals surface area contributed by atoms with Crippen LogP contribution < -0.4 is 0 Å². The van der Waals surface area contributed by atoms with Crippen LogP contribution in [0.5, 0.6) is 0 Å². The number of rotatable bonds is 1. The molecule has 1 aliphatic carbocycles. The number of ether oxygens (including phenoxy) is 1. The van der Waals surface area contributed by atoms with Crippen LogP contribution in [0.2, 0.25) is 0 Å². The van der Waals surface area contributed by atoms with Crippen molar-refractivity contribution >= 4 is 0 Å². The minimum absolute atomic E-state index is 0.218. The van der Waals surface area contributed by atoms with Crippen LogP contribution in [0.25, 0.3) is 0 Å². The molecule has 2 rings (SSSR count). The number of aliphatic hydroxyl groups is 1. The van der Waals surface area contributed by atoms with Gasteiger partial charge in [-0.15, -0.1) is 0 Å². The van der Waals surface area contributed by atoms with E-state index in [1.165, 1.54) is 5.57 Å². The van der Waals surface area contributed by atoms with E-state index in [0.717, 1.165) is 12.8 Å². The third-order valence-corrected chi connectivity index (χ3v) is 3.12. The normalized spacial score (nSPS) is 48.7. The number of aliphatic hydroxyl groups excluding tert-OH is 1. The van der Waals surface area contributed by atoms with Gasteiger partial charge in [0.2, 0.25) is 0 Å². The molecule has 2 aliphatic rings. The molecule has 2 heteroatoms. The summed E-state index contributed by atoms with van der Waals surface area (Å²) in [5.41, 5.74) is 0.910. The third-order valence-electron chi connectivity index (χ3n) is 3.12. The van der Waals surface area contributed by atoms with Crippen LogP contribution in [0.15, 0.2) is 12.2 Å². The predicted octanol–water partition coefficient (Wildman–Crippen LogP) is 1.10. The van der Waals surface area contributed by atoms with E-state index in [-0.39, 0.29) is 17.6 Å². The maximum Gasteiger partial charge on any atom is 0.0981 e. The smallest absolute Gasteiger partial charge is 0.0981 e. The quantitative estimate of drug-likeness (QED) is 0.573. The summed E-state index contributed by atoms with van der Waals surface area (Å²) in [7, 11) is 0. The second-order valence-corrected chi connectivity index (χ2v) is 3.62. The molecule has 0 radical (unpaired) electrons. The summed E-state index contributed by atoms with van der Waals surface area (Å²) in [6, 6.07) is 0. The van der Waals surface area contributed by atoms with Crippen LogP contribution in [0, 0.1) is 5.92 Å². The van der Waals surface area contributed by atoms with Gasteiger partial charge in [-0.25, -0.2) is 0 Å². The highest BCUT2D eigenvalue weighted by molar-refractivity contribution is 5.23. The largest absolute Gasteiger partial charge is 0.389 e. The highest BCUT2D eigenvalue weighted by Crippen LogP contribution is 2.48. The lowest BCUT2D eigenvalue weighted by molar-refractivity contribution is -0.0540. The van der Waals surface area contributed by atoms with Crippen LogP contribution in [0.3, 0.4) is 0 Å². The van der Waals surface area contributed by atoms with Crippen LogP contribution in [0.1, 0.15) is 19.8 Å². The molecule has 3 atom stereocenters. The fourth-order valence-electron chi connectivity index (χ4n) is 2.25. The summed E-state index contributed by atoms with van der Waals surface area (Å²) in [4.78, 5) is 0. The van der Waals surface area contributed by atoms with Crippen molar-refractivity contribution in [3.63, 3.8) is 0 Å². The van der Waals surface area contributed by atoms with E-state index < -0.39 is 0 Å². The lowest BCUT2D eigenvalue weighted by Crippen LogP contribution is -2.35. The fourth-order valence-corrected chi connectivity index (χ4v) is 2.25. The van der Waals surface area contributed by atoms with Crippen molar-refractivity contribution in [3.8, 4) is 0 Å². The van der Waals surface area contributed by atoms with E-state index in [0.29, 0.717) is 6.61 Å². The molecule has 1 saturated heterocycles. The molecule has 0 aromatic carbocycles. The maximum absolute atomic E-state index is 9.76. The fraction of sp³-hybridized carbons (Fsp3) is 0.778. The first-order valence-corrected chi connectivity index (χ1v) is 4.19. The Bertz CT molecular complexity index is 200. The summed E-state index contributed by atoms with van der Waals surface area (Å²) in [5, 5.41) is 9.76. The molecule has 0 aromatic rings. The standard InChI is InChI=1S/C9H14O2/c1-3-9-4-6(2)7(5-11-9)8(9)10/h7-8,10H,2-5H2,1H3/t7-,8+,9+/m1/s1. The molecule has 11 heavy (non-hydrogen) atoms. The molecule has 1 saturated carbocycles. The zero-order valence-corrected chi connectivity index (χ0v) is 6.84. The SMILES string of the molecule is C=C1C[C@]2(CC)OC[C@H]1[C@@H]2O. The highest BCUT2D eigenvalue weighted by atomic mass is 16.5. The molecule has 2 bridgehead atoms. The number of hydrogen-bond donors (Lipinski definition) is 1. The second-order valence-electron chi connectivity index (χ2n) is 3.62. The predicted molar refractivity (Wildman–Crippen MR) is 42.2 cm³/mol. The Kier molecular flexibility index (Phi) is 1.38. The van der Waals surface area contributed by atoms with Gasteiger partial charge in [-0.05, 0) is 6.42 Å². The van der Waals surface area contributed by atoms with Gasteiger partial charge in [-0.3, -0.25) is 0 Å². The van der Waals surface area contributed by atoms with E-state index in [1.54, 1.807) is 0 Å². The van der Waals surface area contributed by atoms with E-state index >= 15 is 0 Å². The zero-order chi connectivity index (χ0) is 8.06. The van der Waals surface area contributed by atoms with Crippen molar-refractivity contribution in [1.29, 1.82) is 0 Å². The summed E-state index contributed by atoms with van der Waals surface area (Å²) in [6.07, 6.45) is 1.46. The van der Waals surface area contributed by atoms with E-state index in [1.807, 2.05) is 0 Å². The molecule has 1 heterocycles. The van der Waals surface area contributed by atoms with Crippen molar-refractivity contribution < 1.29 is 9.84 Å². The Labute approximate surface area is 66.9 Å². The number of hydrogen-bond acceptors (Lipinski definition) is 2. The maximum atomic E-state index is 9.76. The highest BCUT2D eigenvalue weighted by Gasteiger charge is 2.55. The topological polar surface area (TPSA) is 29.5 Å². The Hall–Kier alpha value is -0.340. The molecule has 2 nitrogen and oxygen atoms in total. The monoisotopic (exact) mass is 154 g/mol. The third kappa shape index (κ3) is 0.741. The minimum Gasteiger partial charge on any atom is -0.389 e. The van der Waals surface area contributed by atoms with Crippen molar-refractivity contribution in [2.45, 2.75) is 31.5 Å². The summed E-state index contributed by atoms with van der Waals surface area (Å²) in [6.45, 7) is 6.67. The lowest BCUT2D eigenvalue weighted by Gasteiger charge is -2.26. The van der Waals surface area contributed by atoms with E-state index in [2.05, 4.69) is 13.5 Å². The molecule has 2 fully saturated rings. The molecule has 0 unspecified atom stereocenters. The Morgan fingerprint density at radius 2 is 2.55 bits per heavy atom. The average molecular weight is 154 g/mol. The van der Waals surface area contributed by atoms with Crippen LogP contribution >= 0.6 is 0 Å². The first-order chi connectivity index (χ1) is 5.19. The first kappa shape index (κ1) is 7.32. The van der Waals surface area contributed by atoms with Gasteiger partial charge in [0, 0.05) is 12.3 Å². The van der Waals surface area contributed by atoms with Crippen LogP contribution in [0.4, 0.5) is 0 Å². The van der Waals surface area contributed by atoms with Crippen molar-refractivity contribution in [1.82, 2.24) is 0 Å². The van der Waals surface area contributed by atoms with E-state index in [9.17, 15) is 5.11 Å². The molecular formula is C9H14O2. The van der Waals surface area contributed by atoms with Crippen molar-refractivity contribution in [2.75, 3.05) is 6.61 Å². The van der Waals surface area contributed by atoms with E-state index in [4.69, 9.17) is 4.74 Å². The molecule has 0 spiro atoms. The summed E-state index contributed by atoms with van der Waals surface area (Å²) < 4.78 is 5.56. The average Bonchev–Trinajstić information content (AvgIpc) is 2.42. The molecule has 62 valence electrons.